The fraction of sp³-hybridized carbons (Fsp3) is 0.824. The van der Waals surface area contributed by atoms with E-state index in [4.69, 9.17) is 0 Å². The Labute approximate surface area is 114 Å². The molecule has 0 spiro atoms. The molecule has 0 atom stereocenters. The molecule has 0 N–H and O–H groups in total. The third-order valence-corrected chi connectivity index (χ3v) is 3.14. The lowest BCUT2D eigenvalue weighted by Crippen LogP contribution is -1.93. The minimum absolute atomic E-state index is 0.140. The highest BCUT2D eigenvalue weighted by Gasteiger charge is 1.96. The lowest BCUT2D eigenvalue weighted by molar-refractivity contribution is -0.113. The normalized spacial score (nSPS) is 9.89. The molecule has 0 heterocycles. The Morgan fingerprint density at radius 1 is 0.778 bits per heavy atom. The molecule has 0 aromatic carbocycles. The van der Waals surface area contributed by atoms with E-state index in [2.05, 4.69) is 25.7 Å². The number of ketones is 1. The molecule has 0 aromatic rings. The molecule has 0 saturated heterocycles. The molecular formula is C17H30O. The summed E-state index contributed by atoms with van der Waals surface area (Å²) >= 11 is 0. The second-order valence-electron chi connectivity index (χ2n) is 5.05. The monoisotopic (exact) mass is 250 g/mol. The van der Waals surface area contributed by atoms with Gasteiger partial charge in [0, 0.05) is 12.8 Å². The van der Waals surface area contributed by atoms with Gasteiger partial charge in [0.1, 0.15) is 0 Å². The van der Waals surface area contributed by atoms with Gasteiger partial charge in [-0.05, 0) is 18.8 Å². The highest BCUT2D eigenvalue weighted by atomic mass is 16.1. The van der Waals surface area contributed by atoms with Crippen LogP contribution in [0.5, 0.6) is 0 Å². The number of carbonyl (C=O) groups excluding carboxylic acids is 1. The van der Waals surface area contributed by atoms with Crippen molar-refractivity contribution in [1.29, 1.82) is 0 Å². The van der Waals surface area contributed by atoms with Crippen LogP contribution in [0.15, 0.2) is 0 Å². The Morgan fingerprint density at radius 2 is 1.33 bits per heavy atom. The number of hydrogen-bond donors (Lipinski definition) is 0. The highest BCUT2D eigenvalue weighted by Crippen LogP contribution is 2.07. The smallest absolute Gasteiger partial charge is 0.205 e. The molecule has 1 heteroatoms. The van der Waals surface area contributed by atoms with E-state index >= 15 is 0 Å². The predicted molar refractivity (Wildman–Crippen MR) is 79.5 cm³/mol. The molecule has 1 nitrogen and oxygen atoms in total. The zero-order valence-corrected chi connectivity index (χ0v) is 12.4. The molecule has 0 aliphatic carbocycles. The minimum atomic E-state index is 0.140. The number of Topliss-reactive ketones (excluding diaryl/α,β-unsaturated/α-hetero) is 1. The average molecular weight is 250 g/mol. The second-order valence-corrected chi connectivity index (χ2v) is 5.05. The lowest BCUT2D eigenvalue weighted by Gasteiger charge is -1.97. The summed E-state index contributed by atoms with van der Waals surface area (Å²) < 4.78 is 0. The molecule has 0 bridgehead atoms. The quantitative estimate of drug-likeness (QED) is 0.277. The summed E-state index contributed by atoms with van der Waals surface area (Å²) in [6.45, 7) is 4.43. The van der Waals surface area contributed by atoms with Crippen molar-refractivity contribution in [1.82, 2.24) is 0 Å². The van der Waals surface area contributed by atoms with Crippen LogP contribution in [0.3, 0.4) is 0 Å². The standard InChI is InChI=1S/C17H30O/c1-3-5-7-9-11-13-15-17(18)16-14-12-10-8-6-4-2/h3-13,15H2,1-2H3. The molecular weight excluding hydrogens is 220 g/mol. The maximum atomic E-state index is 11.4. The van der Waals surface area contributed by atoms with Gasteiger partial charge < -0.3 is 0 Å². The highest BCUT2D eigenvalue weighted by molar-refractivity contribution is 5.95. The van der Waals surface area contributed by atoms with Gasteiger partial charge in [-0.3, -0.25) is 4.79 Å². The summed E-state index contributed by atoms with van der Waals surface area (Å²) in [6.07, 6.45) is 13.9. The SMILES string of the molecule is CCCCCCC#CC(=O)CCCCCCCC. The van der Waals surface area contributed by atoms with Crippen LogP contribution in [-0.2, 0) is 4.79 Å². The molecule has 0 radical (unpaired) electrons. The van der Waals surface area contributed by atoms with Gasteiger partial charge in [-0.25, -0.2) is 0 Å². The van der Waals surface area contributed by atoms with Crippen LogP contribution in [0.1, 0.15) is 90.9 Å². The van der Waals surface area contributed by atoms with Crippen molar-refractivity contribution < 1.29 is 4.79 Å². The van der Waals surface area contributed by atoms with Crippen molar-refractivity contribution in [2.45, 2.75) is 90.9 Å². The van der Waals surface area contributed by atoms with E-state index in [1.165, 1.54) is 51.4 Å². The summed E-state index contributed by atoms with van der Waals surface area (Å²) in [5.74, 6) is 5.92. The van der Waals surface area contributed by atoms with Crippen LogP contribution in [0.4, 0.5) is 0 Å². The van der Waals surface area contributed by atoms with Gasteiger partial charge in [-0.1, -0.05) is 71.1 Å². The average Bonchev–Trinajstić information content (AvgIpc) is 2.38. The molecule has 0 saturated carbocycles. The molecule has 18 heavy (non-hydrogen) atoms. The summed E-state index contributed by atoms with van der Waals surface area (Å²) in [4.78, 5) is 11.4. The van der Waals surface area contributed by atoms with Crippen molar-refractivity contribution in [3.63, 3.8) is 0 Å². The summed E-state index contributed by atoms with van der Waals surface area (Å²) in [5, 5.41) is 0. The van der Waals surface area contributed by atoms with E-state index in [0.29, 0.717) is 6.42 Å². The van der Waals surface area contributed by atoms with E-state index in [-0.39, 0.29) is 5.78 Å². The van der Waals surface area contributed by atoms with Gasteiger partial charge in [0.2, 0.25) is 5.78 Å². The zero-order chi connectivity index (χ0) is 13.5. The van der Waals surface area contributed by atoms with Crippen molar-refractivity contribution in [3.05, 3.63) is 0 Å². The number of rotatable bonds is 11. The maximum Gasteiger partial charge on any atom is 0.205 e. The van der Waals surface area contributed by atoms with Crippen LogP contribution in [0, 0.1) is 11.8 Å². The topological polar surface area (TPSA) is 17.1 Å². The molecule has 0 fully saturated rings. The first-order valence-electron chi connectivity index (χ1n) is 7.83. The summed E-state index contributed by atoms with van der Waals surface area (Å²) in [5.41, 5.74) is 0. The third kappa shape index (κ3) is 13.3. The van der Waals surface area contributed by atoms with E-state index in [9.17, 15) is 4.79 Å². The predicted octanol–water partition coefficient (Wildman–Crippen LogP) is 5.28. The molecule has 104 valence electrons. The van der Waals surface area contributed by atoms with Gasteiger partial charge in [0.05, 0.1) is 0 Å². The lowest BCUT2D eigenvalue weighted by atomic mass is 10.1. The fourth-order valence-corrected chi connectivity index (χ4v) is 1.93. The number of unbranched alkanes of at least 4 members (excludes halogenated alkanes) is 9. The van der Waals surface area contributed by atoms with Crippen LogP contribution in [-0.4, -0.2) is 5.78 Å². The molecule has 0 unspecified atom stereocenters. The molecule has 0 aliphatic heterocycles. The van der Waals surface area contributed by atoms with Crippen molar-refractivity contribution in [2.24, 2.45) is 0 Å². The fourth-order valence-electron chi connectivity index (χ4n) is 1.93. The summed E-state index contributed by atoms with van der Waals surface area (Å²) in [6, 6.07) is 0. The zero-order valence-electron chi connectivity index (χ0n) is 12.4. The molecule has 0 rings (SSSR count). The van der Waals surface area contributed by atoms with Gasteiger partial charge in [-0.15, -0.1) is 0 Å². The Balaban J connectivity index is 3.33. The van der Waals surface area contributed by atoms with Crippen LogP contribution < -0.4 is 0 Å². The Hall–Kier alpha value is -0.770. The van der Waals surface area contributed by atoms with Gasteiger partial charge in [-0.2, -0.15) is 0 Å². The first-order chi connectivity index (χ1) is 8.81. The van der Waals surface area contributed by atoms with Crippen molar-refractivity contribution in [2.75, 3.05) is 0 Å². The largest absolute Gasteiger partial charge is 0.285 e. The molecule has 0 amide bonds. The van der Waals surface area contributed by atoms with Crippen molar-refractivity contribution in [3.8, 4) is 11.8 Å². The van der Waals surface area contributed by atoms with E-state index in [1.54, 1.807) is 0 Å². The first-order valence-corrected chi connectivity index (χ1v) is 7.83. The van der Waals surface area contributed by atoms with Crippen LogP contribution in [0.2, 0.25) is 0 Å². The third-order valence-electron chi connectivity index (χ3n) is 3.14. The summed E-state index contributed by atoms with van der Waals surface area (Å²) in [7, 11) is 0. The first kappa shape index (κ1) is 17.2. The van der Waals surface area contributed by atoms with Gasteiger partial charge in [0.25, 0.3) is 0 Å². The van der Waals surface area contributed by atoms with Gasteiger partial charge >= 0.3 is 0 Å². The van der Waals surface area contributed by atoms with E-state index < -0.39 is 0 Å². The minimum Gasteiger partial charge on any atom is -0.285 e. The second kappa shape index (κ2) is 14.3. The van der Waals surface area contributed by atoms with Gasteiger partial charge in [0.15, 0.2) is 0 Å². The van der Waals surface area contributed by atoms with E-state index in [1.807, 2.05) is 0 Å². The maximum absolute atomic E-state index is 11.4. The Morgan fingerprint density at radius 3 is 2.00 bits per heavy atom. The van der Waals surface area contributed by atoms with E-state index in [0.717, 1.165) is 19.3 Å². The molecule has 0 aromatic heterocycles. The number of hydrogen-bond acceptors (Lipinski definition) is 1. The van der Waals surface area contributed by atoms with Crippen molar-refractivity contribution >= 4 is 5.78 Å². The Kier molecular flexibility index (Phi) is 13.7. The van der Waals surface area contributed by atoms with Crippen LogP contribution in [0.25, 0.3) is 0 Å². The van der Waals surface area contributed by atoms with Crippen LogP contribution >= 0.6 is 0 Å². The molecule has 0 aliphatic rings. The Bertz CT molecular complexity index is 244. The number of carbonyl (C=O) groups is 1.